The van der Waals surface area contributed by atoms with Crippen LogP contribution in [0, 0.1) is 11.7 Å². The van der Waals surface area contributed by atoms with Gasteiger partial charge in [-0.15, -0.1) is 10.2 Å². The number of anilines is 1. The summed E-state index contributed by atoms with van der Waals surface area (Å²) in [5.41, 5.74) is 3.02. The van der Waals surface area contributed by atoms with Crippen LogP contribution in [0.2, 0.25) is 0 Å². The predicted octanol–water partition coefficient (Wildman–Crippen LogP) is 3.98. The highest BCUT2D eigenvalue weighted by Crippen LogP contribution is 2.35. The number of carbonyl (C=O) groups excluding carboxylic acids is 2. The third-order valence-electron chi connectivity index (χ3n) is 4.58. The first kappa shape index (κ1) is 24.6. The topological polar surface area (TPSA) is 148 Å². The Hall–Kier alpha value is -4.00. The van der Waals surface area contributed by atoms with Crippen LogP contribution in [0.1, 0.15) is 32.0 Å². The number of hydrogen-bond donors (Lipinski definition) is 3. The number of benzene rings is 2. The molecular weight excluding hydrogens is 475 g/mol. The van der Waals surface area contributed by atoms with Crippen LogP contribution in [0.15, 0.2) is 53.4 Å². The summed E-state index contributed by atoms with van der Waals surface area (Å²) in [4.78, 5) is 24.4. The van der Waals surface area contributed by atoms with E-state index in [1.165, 1.54) is 54.8 Å². The maximum atomic E-state index is 13.4. The summed E-state index contributed by atoms with van der Waals surface area (Å²) >= 11 is 0. The van der Waals surface area contributed by atoms with Crippen molar-refractivity contribution in [3.63, 3.8) is 0 Å². The molecule has 1 heterocycles. The molecule has 4 N–H and O–H groups in total. The number of amides is 2. The quantitative estimate of drug-likeness (QED) is 0.473. The molecule has 1 aromatic heterocycles. The standard InChI is InChI=1S/C21H18F3N5O4S/c1-11-16(19(31)27-13-4-3-5-15(10-13)34(2,26)32)20(29-28-17(11)21(22,23)24)33-14-8-6-12(7-9-14)18(25)30/h3-10,26H,1-2H3,(H2,25,30)(H,27,31). The number of carbonyl (C=O) groups is 2. The molecule has 9 nitrogen and oxygen atoms in total. The van der Waals surface area contributed by atoms with Gasteiger partial charge in [0.05, 0.1) is 9.73 Å². The third-order valence-corrected chi connectivity index (χ3v) is 5.73. The summed E-state index contributed by atoms with van der Waals surface area (Å²) in [6.45, 7) is 1.05. The second-order valence-corrected chi connectivity index (χ2v) is 9.33. The SMILES string of the molecule is Cc1c(C(F)(F)F)nnc(Oc2ccc(C(N)=O)cc2)c1C(=O)Nc1cccc(S(C)(=N)=O)c1. The fourth-order valence-electron chi connectivity index (χ4n) is 2.92. The Morgan fingerprint density at radius 1 is 1.12 bits per heavy atom. The van der Waals surface area contributed by atoms with Gasteiger partial charge in [0.25, 0.3) is 11.8 Å². The Balaban J connectivity index is 2.04. The first-order chi connectivity index (χ1) is 15.8. The van der Waals surface area contributed by atoms with Crippen molar-refractivity contribution in [2.45, 2.75) is 18.0 Å². The van der Waals surface area contributed by atoms with Crippen molar-refractivity contribution in [1.82, 2.24) is 10.2 Å². The maximum absolute atomic E-state index is 13.4. The third kappa shape index (κ3) is 5.49. The zero-order valence-electron chi connectivity index (χ0n) is 17.8. The summed E-state index contributed by atoms with van der Waals surface area (Å²) in [5.74, 6) is -2.13. The summed E-state index contributed by atoms with van der Waals surface area (Å²) in [6, 6.07) is 10.9. The van der Waals surface area contributed by atoms with Gasteiger partial charge in [-0.1, -0.05) is 6.07 Å². The van der Waals surface area contributed by atoms with E-state index in [4.69, 9.17) is 15.3 Å². The zero-order valence-corrected chi connectivity index (χ0v) is 18.6. The molecule has 0 fully saturated rings. The number of primary amides is 1. The second-order valence-electron chi connectivity index (χ2n) is 7.17. The number of nitrogens with zero attached hydrogens (tertiary/aromatic N) is 2. The number of nitrogens with two attached hydrogens (primary N) is 1. The van der Waals surface area contributed by atoms with Crippen LogP contribution >= 0.6 is 0 Å². The van der Waals surface area contributed by atoms with Crippen LogP contribution in [0.4, 0.5) is 18.9 Å². The fourth-order valence-corrected chi connectivity index (χ4v) is 3.61. The van der Waals surface area contributed by atoms with Crippen LogP contribution < -0.4 is 15.8 Å². The van der Waals surface area contributed by atoms with Crippen molar-refractivity contribution in [3.8, 4) is 11.6 Å². The van der Waals surface area contributed by atoms with Gasteiger partial charge in [0.1, 0.15) is 11.3 Å². The van der Waals surface area contributed by atoms with E-state index in [9.17, 15) is 27.0 Å². The van der Waals surface area contributed by atoms with E-state index in [0.29, 0.717) is 0 Å². The molecule has 178 valence electrons. The number of rotatable bonds is 6. The Bertz CT molecular complexity index is 1370. The van der Waals surface area contributed by atoms with Crippen molar-refractivity contribution in [2.75, 3.05) is 11.6 Å². The molecule has 0 spiro atoms. The number of ether oxygens (including phenoxy) is 1. The highest BCUT2D eigenvalue weighted by atomic mass is 32.2. The molecule has 0 aliphatic rings. The molecule has 0 radical (unpaired) electrons. The number of halogens is 3. The van der Waals surface area contributed by atoms with Gasteiger partial charge >= 0.3 is 6.18 Å². The Morgan fingerprint density at radius 2 is 1.76 bits per heavy atom. The van der Waals surface area contributed by atoms with Crippen molar-refractivity contribution in [2.24, 2.45) is 5.73 Å². The Kier molecular flexibility index (Phi) is 6.59. The lowest BCUT2D eigenvalue weighted by Gasteiger charge is -2.16. The predicted molar refractivity (Wildman–Crippen MR) is 116 cm³/mol. The van der Waals surface area contributed by atoms with E-state index in [-0.39, 0.29) is 21.9 Å². The van der Waals surface area contributed by atoms with Crippen LogP contribution in [0.5, 0.6) is 11.6 Å². The Morgan fingerprint density at radius 3 is 2.32 bits per heavy atom. The lowest BCUT2D eigenvalue weighted by Crippen LogP contribution is -2.21. The van der Waals surface area contributed by atoms with Gasteiger partial charge < -0.3 is 15.8 Å². The molecule has 0 aliphatic carbocycles. The van der Waals surface area contributed by atoms with E-state index in [0.717, 1.165) is 6.92 Å². The molecule has 13 heteroatoms. The van der Waals surface area contributed by atoms with Crippen molar-refractivity contribution >= 4 is 27.2 Å². The van der Waals surface area contributed by atoms with E-state index in [1.807, 2.05) is 0 Å². The minimum absolute atomic E-state index is 0.0643. The van der Waals surface area contributed by atoms with Crippen molar-refractivity contribution in [3.05, 3.63) is 70.9 Å². The molecule has 34 heavy (non-hydrogen) atoms. The van der Waals surface area contributed by atoms with Crippen LogP contribution in [0.25, 0.3) is 0 Å². The molecule has 0 aliphatic heterocycles. The van der Waals surface area contributed by atoms with Gasteiger partial charge in [0, 0.05) is 22.4 Å². The number of hydrogen-bond acceptors (Lipinski definition) is 7. The number of alkyl halides is 3. The normalized spacial score (nSPS) is 13.1. The average Bonchev–Trinajstić information content (AvgIpc) is 2.73. The van der Waals surface area contributed by atoms with Crippen molar-refractivity contribution < 1.29 is 31.7 Å². The van der Waals surface area contributed by atoms with Gasteiger partial charge in [-0.3, -0.25) is 9.59 Å². The lowest BCUT2D eigenvalue weighted by atomic mass is 10.1. The molecule has 2 amide bonds. The van der Waals surface area contributed by atoms with E-state index < -0.39 is 50.4 Å². The summed E-state index contributed by atoms with van der Waals surface area (Å²) in [5, 5.41) is 9.05. The van der Waals surface area contributed by atoms with Crippen LogP contribution in [0.3, 0.4) is 0 Å². The fraction of sp³-hybridized carbons (Fsp3) is 0.143. The molecular formula is C21H18F3N5O4S. The second kappa shape index (κ2) is 9.09. The molecule has 0 bridgehead atoms. The molecule has 2 aromatic carbocycles. The van der Waals surface area contributed by atoms with E-state index in [2.05, 4.69) is 15.5 Å². The largest absolute Gasteiger partial charge is 0.437 e. The van der Waals surface area contributed by atoms with Gasteiger partial charge in [-0.25, -0.2) is 8.99 Å². The molecule has 0 saturated heterocycles. The first-order valence-electron chi connectivity index (χ1n) is 9.45. The number of nitrogens with one attached hydrogen (secondary N) is 2. The molecule has 1 atom stereocenters. The minimum Gasteiger partial charge on any atom is -0.437 e. The van der Waals surface area contributed by atoms with Gasteiger partial charge in [-0.05, 0) is 55.0 Å². The highest BCUT2D eigenvalue weighted by Gasteiger charge is 2.38. The maximum Gasteiger partial charge on any atom is 0.435 e. The van der Waals surface area contributed by atoms with E-state index >= 15 is 0 Å². The average molecular weight is 493 g/mol. The van der Waals surface area contributed by atoms with Crippen LogP contribution in [-0.4, -0.2) is 32.5 Å². The summed E-state index contributed by atoms with van der Waals surface area (Å²) in [7, 11) is -3.10. The summed E-state index contributed by atoms with van der Waals surface area (Å²) < 4.78 is 65.4. The Labute approximate surface area is 192 Å². The molecule has 1 unspecified atom stereocenters. The molecule has 3 rings (SSSR count). The molecule has 0 saturated carbocycles. The monoisotopic (exact) mass is 493 g/mol. The van der Waals surface area contributed by atoms with Crippen LogP contribution in [-0.2, 0) is 15.9 Å². The minimum atomic E-state index is -4.88. The van der Waals surface area contributed by atoms with Crippen molar-refractivity contribution in [1.29, 1.82) is 4.78 Å². The highest BCUT2D eigenvalue weighted by molar-refractivity contribution is 7.91. The van der Waals surface area contributed by atoms with Gasteiger partial charge in [-0.2, -0.15) is 13.2 Å². The smallest absolute Gasteiger partial charge is 0.435 e. The number of aromatic nitrogens is 2. The lowest BCUT2D eigenvalue weighted by molar-refractivity contribution is -0.142. The van der Waals surface area contributed by atoms with Gasteiger partial charge in [0.2, 0.25) is 5.91 Å². The first-order valence-corrected chi connectivity index (χ1v) is 11.4. The zero-order chi connectivity index (χ0) is 25.3. The van der Waals surface area contributed by atoms with Gasteiger partial charge in [0.15, 0.2) is 5.69 Å². The molecule has 3 aromatic rings. The van der Waals surface area contributed by atoms with E-state index in [1.54, 1.807) is 0 Å². The summed E-state index contributed by atoms with van der Waals surface area (Å²) in [6.07, 6.45) is -3.69.